The van der Waals surface area contributed by atoms with Gasteiger partial charge in [-0.25, -0.2) is 0 Å². The van der Waals surface area contributed by atoms with Crippen molar-refractivity contribution in [2.45, 2.75) is 12.8 Å². The number of benzene rings is 2. The highest BCUT2D eigenvalue weighted by Crippen LogP contribution is 2.41. The van der Waals surface area contributed by atoms with Crippen LogP contribution in [-0.2, 0) is 4.74 Å². The Morgan fingerprint density at radius 2 is 1.85 bits per heavy atom. The maximum absolute atomic E-state index is 11.4. The molecule has 33 heavy (non-hydrogen) atoms. The number of nitrogens with zero attached hydrogens (tertiary/aromatic N) is 2. The predicted octanol–water partition coefficient (Wildman–Crippen LogP) is 3.29. The molecule has 2 aromatic rings. The summed E-state index contributed by atoms with van der Waals surface area (Å²) < 4.78 is 11.6. The molecule has 0 saturated carbocycles. The molecule has 0 bridgehead atoms. The Hall–Kier alpha value is -2.94. The minimum atomic E-state index is -0.153. The van der Waals surface area contributed by atoms with E-state index in [2.05, 4.69) is 27.6 Å². The number of ether oxygens (including phenoxy) is 2. The fraction of sp³-hybridized carbons (Fsp3) is 0.360. The maximum Gasteiger partial charge on any atom is 0.184 e. The summed E-state index contributed by atoms with van der Waals surface area (Å²) in [7, 11) is 0. The summed E-state index contributed by atoms with van der Waals surface area (Å²) in [5, 5.41) is 16.0. The molecule has 2 aromatic carbocycles. The van der Waals surface area contributed by atoms with Crippen LogP contribution in [0.3, 0.4) is 0 Å². The van der Waals surface area contributed by atoms with Gasteiger partial charge >= 0.3 is 0 Å². The van der Waals surface area contributed by atoms with Crippen molar-refractivity contribution in [3.63, 3.8) is 0 Å². The van der Waals surface area contributed by atoms with Crippen LogP contribution in [0.25, 0.3) is 5.76 Å². The molecule has 0 amide bonds. The van der Waals surface area contributed by atoms with Gasteiger partial charge in [0.15, 0.2) is 5.11 Å². The molecule has 2 aliphatic heterocycles. The van der Waals surface area contributed by atoms with Crippen LogP contribution in [0.15, 0.2) is 65.3 Å². The van der Waals surface area contributed by atoms with Gasteiger partial charge in [-0.3, -0.25) is 10.3 Å². The van der Waals surface area contributed by atoms with E-state index in [0.717, 1.165) is 36.5 Å². The molecule has 4 N–H and O–H groups in total. The minimum Gasteiger partial charge on any atom is -0.507 e. The van der Waals surface area contributed by atoms with Gasteiger partial charge < -0.3 is 20.3 Å². The average Bonchev–Trinajstić information content (AvgIpc) is 2.85. The zero-order valence-corrected chi connectivity index (χ0v) is 19.6. The summed E-state index contributed by atoms with van der Waals surface area (Å²) >= 11 is 4.97. The molecule has 0 spiro atoms. The third-order valence-corrected chi connectivity index (χ3v) is 6.29. The molecule has 2 atom stereocenters. The van der Waals surface area contributed by atoms with E-state index in [-0.39, 0.29) is 22.7 Å². The Balaban J connectivity index is 1.80. The Kier molecular flexibility index (Phi) is 7.59. The number of fused-ring (bicyclic) bond motifs is 1. The van der Waals surface area contributed by atoms with E-state index in [9.17, 15) is 5.11 Å². The van der Waals surface area contributed by atoms with Gasteiger partial charge in [0.1, 0.15) is 18.1 Å². The second kappa shape index (κ2) is 10.8. The second-order valence-corrected chi connectivity index (χ2v) is 8.74. The Morgan fingerprint density at radius 3 is 2.58 bits per heavy atom. The second-order valence-electron chi connectivity index (χ2n) is 8.30. The number of nitrogens with two attached hydrogens (primary N) is 1. The van der Waals surface area contributed by atoms with Gasteiger partial charge in [-0.15, -0.1) is 0 Å². The molecule has 4 rings (SSSR count). The van der Waals surface area contributed by atoms with Crippen LogP contribution in [-0.4, -0.2) is 60.3 Å². The molecule has 0 radical (unpaired) electrons. The first-order valence-corrected chi connectivity index (χ1v) is 11.5. The molecule has 8 heteroatoms. The SMILES string of the molecule is C/C(=N\NC(N)=S)[C@H](CN1CCOCC1)[C@H](C1=C(O)c2ccccc2OC1)c1ccccc1. The zero-order valence-electron chi connectivity index (χ0n) is 18.7. The number of nitrogens with one attached hydrogen (secondary N) is 1. The molecule has 2 heterocycles. The number of rotatable bonds is 7. The standard InChI is InChI=1S/C25H30N4O3S/c1-17(27-28-25(26)33)20(15-29-11-13-31-14-12-29)23(18-7-3-2-4-8-18)21-16-32-22-10-6-5-9-19(22)24(21)30/h2-10,20,23,30H,11-16H2,1H3,(H3,26,28,33)/b27-17+/t20-,23+/m0/s1. The number of hydrogen-bond acceptors (Lipinski definition) is 6. The fourth-order valence-electron chi connectivity index (χ4n) is 4.53. The van der Waals surface area contributed by atoms with Gasteiger partial charge in [0.05, 0.1) is 18.8 Å². The van der Waals surface area contributed by atoms with Crippen molar-refractivity contribution in [2.75, 3.05) is 39.5 Å². The number of aliphatic hydroxyl groups is 1. The van der Waals surface area contributed by atoms with E-state index in [0.29, 0.717) is 31.1 Å². The zero-order chi connectivity index (χ0) is 23.2. The third-order valence-electron chi connectivity index (χ3n) is 6.20. The normalized spacial score (nSPS) is 18.8. The van der Waals surface area contributed by atoms with E-state index >= 15 is 0 Å². The average molecular weight is 467 g/mol. The minimum absolute atomic E-state index is 0.0571. The number of hydrogen-bond donors (Lipinski definition) is 3. The summed E-state index contributed by atoms with van der Waals surface area (Å²) in [4.78, 5) is 2.37. The molecular formula is C25H30N4O3S. The highest BCUT2D eigenvalue weighted by atomic mass is 32.1. The van der Waals surface area contributed by atoms with Crippen molar-refractivity contribution in [2.24, 2.45) is 16.8 Å². The summed E-state index contributed by atoms with van der Waals surface area (Å²) in [5.74, 6) is 0.751. The largest absolute Gasteiger partial charge is 0.507 e. The smallest absolute Gasteiger partial charge is 0.184 e. The van der Waals surface area contributed by atoms with Crippen LogP contribution in [0.1, 0.15) is 24.0 Å². The summed E-state index contributed by atoms with van der Waals surface area (Å²) in [6.45, 7) is 6.12. The van der Waals surface area contributed by atoms with E-state index in [1.807, 2.05) is 49.4 Å². The molecule has 7 nitrogen and oxygen atoms in total. The highest BCUT2D eigenvalue weighted by Gasteiger charge is 2.35. The van der Waals surface area contributed by atoms with Crippen LogP contribution in [0.5, 0.6) is 5.75 Å². The molecule has 0 aliphatic carbocycles. The molecule has 2 aliphatic rings. The van der Waals surface area contributed by atoms with Crippen LogP contribution in [0.2, 0.25) is 0 Å². The quantitative estimate of drug-likeness (QED) is 0.328. The molecule has 1 saturated heterocycles. The van der Waals surface area contributed by atoms with E-state index < -0.39 is 0 Å². The first kappa shape index (κ1) is 23.2. The number of para-hydroxylation sites is 1. The van der Waals surface area contributed by atoms with Crippen molar-refractivity contribution in [1.82, 2.24) is 10.3 Å². The lowest BCUT2D eigenvalue weighted by Crippen LogP contribution is -2.43. The lowest BCUT2D eigenvalue weighted by Gasteiger charge is -2.37. The van der Waals surface area contributed by atoms with Crippen molar-refractivity contribution in [3.05, 3.63) is 71.3 Å². The highest BCUT2D eigenvalue weighted by molar-refractivity contribution is 7.80. The number of thiocarbonyl (C=S) groups is 1. The topological polar surface area (TPSA) is 92.3 Å². The molecule has 0 unspecified atom stereocenters. The van der Waals surface area contributed by atoms with Gasteiger partial charge in [0.25, 0.3) is 0 Å². The summed E-state index contributed by atoms with van der Waals surface area (Å²) in [6, 6.07) is 17.8. The Bertz CT molecular complexity index is 1030. The van der Waals surface area contributed by atoms with Crippen molar-refractivity contribution in [1.29, 1.82) is 0 Å². The van der Waals surface area contributed by atoms with E-state index in [4.69, 9.17) is 27.4 Å². The third kappa shape index (κ3) is 5.52. The van der Waals surface area contributed by atoms with Crippen molar-refractivity contribution >= 4 is 28.8 Å². The van der Waals surface area contributed by atoms with Gasteiger partial charge in [0.2, 0.25) is 0 Å². The predicted molar refractivity (Wildman–Crippen MR) is 134 cm³/mol. The van der Waals surface area contributed by atoms with Crippen molar-refractivity contribution < 1.29 is 14.6 Å². The molecule has 1 fully saturated rings. The van der Waals surface area contributed by atoms with Crippen LogP contribution in [0, 0.1) is 5.92 Å². The lowest BCUT2D eigenvalue weighted by atomic mass is 9.76. The van der Waals surface area contributed by atoms with Crippen LogP contribution in [0.4, 0.5) is 0 Å². The lowest BCUT2D eigenvalue weighted by molar-refractivity contribution is 0.0333. The fourth-order valence-corrected chi connectivity index (χ4v) is 4.57. The number of hydrazone groups is 1. The maximum atomic E-state index is 11.4. The molecule has 174 valence electrons. The van der Waals surface area contributed by atoms with Crippen LogP contribution < -0.4 is 15.9 Å². The first-order chi connectivity index (χ1) is 16.0. The molecular weight excluding hydrogens is 436 g/mol. The first-order valence-electron chi connectivity index (χ1n) is 11.1. The Morgan fingerprint density at radius 1 is 1.15 bits per heavy atom. The summed E-state index contributed by atoms with van der Waals surface area (Å²) in [6.07, 6.45) is 0. The van der Waals surface area contributed by atoms with E-state index in [1.165, 1.54) is 0 Å². The number of aliphatic hydroxyl groups excluding tert-OH is 1. The van der Waals surface area contributed by atoms with Gasteiger partial charge in [-0.2, -0.15) is 5.10 Å². The van der Waals surface area contributed by atoms with Gasteiger partial charge in [-0.1, -0.05) is 42.5 Å². The van der Waals surface area contributed by atoms with Crippen molar-refractivity contribution in [3.8, 4) is 5.75 Å². The Labute approximate surface area is 199 Å². The monoisotopic (exact) mass is 466 g/mol. The molecule has 0 aromatic heterocycles. The number of morpholine rings is 1. The van der Waals surface area contributed by atoms with Crippen LogP contribution >= 0.6 is 12.2 Å². The summed E-state index contributed by atoms with van der Waals surface area (Å²) in [5.41, 5.74) is 11.9. The van der Waals surface area contributed by atoms with Gasteiger partial charge in [-0.05, 0) is 36.8 Å². The van der Waals surface area contributed by atoms with Gasteiger partial charge in [0, 0.05) is 42.8 Å². The van der Waals surface area contributed by atoms with E-state index in [1.54, 1.807) is 0 Å².